The molecule has 0 spiro atoms. The first-order valence-corrected chi connectivity index (χ1v) is 17.9. The predicted octanol–water partition coefficient (Wildman–Crippen LogP) is 4.12. The van der Waals surface area contributed by atoms with E-state index in [2.05, 4.69) is 34.4 Å². The van der Waals surface area contributed by atoms with Gasteiger partial charge in [-0.3, -0.25) is 19.8 Å². The monoisotopic (exact) mass is 681 g/mol. The number of aromatic amines is 1. The molecular formula is C37H55N5O7. The summed E-state index contributed by atoms with van der Waals surface area (Å²) in [4.78, 5) is 64.2. The summed E-state index contributed by atoms with van der Waals surface area (Å²) < 4.78 is 10.9. The lowest BCUT2D eigenvalue weighted by molar-refractivity contribution is -0.146. The van der Waals surface area contributed by atoms with Crippen molar-refractivity contribution >= 4 is 23.8 Å². The molecule has 1 aliphatic carbocycles. The van der Waals surface area contributed by atoms with Crippen LogP contribution in [0.3, 0.4) is 0 Å². The molecule has 0 radical (unpaired) electrons. The Morgan fingerprint density at radius 3 is 2.43 bits per heavy atom. The Morgan fingerprint density at radius 1 is 1.06 bits per heavy atom. The van der Waals surface area contributed by atoms with E-state index >= 15 is 0 Å². The Balaban J connectivity index is 1.69. The molecule has 1 aromatic carbocycles. The number of benzene rings is 1. The molecule has 2 aliphatic rings. The second-order valence-electron chi connectivity index (χ2n) is 14.1. The van der Waals surface area contributed by atoms with Crippen molar-refractivity contribution in [3.05, 3.63) is 54.1 Å². The molecule has 270 valence electrons. The van der Waals surface area contributed by atoms with Gasteiger partial charge in [0.2, 0.25) is 11.7 Å². The molecule has 4 N–H and O–H groups in total. The van der Waals surface area contributed by atoms with E-state index in [0.29, 0.717) is 43.2 Å². The van der Waals surface area contributed by atoms with E-state index in [0.717, 1.165) is 37.7 Å². The molecular weight excluding hydrogens is 626 g/mol. The minimum atomic E-state index is -1.90. The SMILES string of the molecule is CN[C@@](Cc1cnc[nH]1)(C(=O)N[C@@H](CC1CCCCC1)[C@@H](O)CCC(C)C)C(=O)[C@H](Cc1ccccc1)OC(=O)N1CCC[C@@H]1C(=O)OC. The van der Waals surface area contributed by atoms with Gasteiger partial charge in [0.25, 0.3) is 0 Å². The van der Waals surface area contributed by atoms with Gasteiger partial charge in [0.15, 0.2) is 11.6 Å². The van der Waals surface area contributed by atoms with E-state index in [4.69, 9.17) is 9.47 Å². The summed E-state index contributed by atoms with van der Waals surface area (Å²) in [5, 5.41) is 17.6. The first-order chi connectivity index (χ1) is 23.6. The van der Waals surface area contributed by atoms with Crippen LogP contribution in [0.15, 0.2) is 42.9 Å². The standard InChI is InChI=1S/C37H55N5O7/c1-25(2)17-18-31(43)29(20-26-12-7-5-8-13-26)41-35(46)37(38-3,22-28-23-39-24-40-28)33(44)32(21-27-14-9-6-10-15-27)49-36(47)42-19-11-16-30(42)34(45)48-4/h6,9-10,14-15,23-26,29-32,38,43H,5,7-8,11-13,16-22H2,1-4H3,(H,39,40)(H,41,46)/t29-,30+,31-,32-,37+/m0/s1. The summed E-state index contributed by atoms with van der Waals surface area (Å²) in [6.07, 6.45) is 8.31. The number of ketones is 1. The van der Waals surface area contributed by atoms with Crippen molar-refractivity contribution in [2.45, 2.75) is 121 Å². The van der Waals surface area contributed by atoms with Gasteiger partial charge < -0.3 is 24.9 Å². The van der Waals surface area contributed by atoms with Crippen molar-refractivity contribution in [3.63, 3.8) is 0 Å². The zero-order valence-electron chi connectivity index (χ0n) is 29.5. The summed E-state index contributed by atoms with van der Waals surface area (Å²) in [7, 11) is 2.80. The highest BCUT2D eigenvalue weighted by atomic mass is 16.6. The third-order valence-electron chi connectivity index (χ3n) is 10.1. The largest absolute Gasteiger partial charge is 0.467 e. The molecule has 5 atom stereocenters. The quantitative estimate of drug-likeness (QED) is 0.142. The number of likely N-dealkylation sites (N-methyl/N-ethyl adjacent to an activating group) is 1. The van der Waals surface area contributed by atoms with Crippen molar-refractivity contribution in [2.75, 3.05) is 20.7 Å². The fourth-order valence-corrected chi connectivity index (χ4v) is 7.21. The lowest BCUT2D eigenvalue weighted by atomic mass is 9.81. The number of aromatic nitrogens is 2. The number of likely N-dealkylation sites (tertiary alicyclic amines) is 1. The molecule has 2 fully saturated rings. The van der Waals surface area contributed by atoms with E-state index < -0.39 is 53.6 Å². The van der Waals surface area contributed by atoms with Gasteiger partial charge in [-0.1, -0.05) is 76.3 Å². The number of hydrogen-bond donors (Lipinski definition) is 4. The van der Waals surface area contributed by atoms with Crippen LogP contribution in [-0.2, 0) is 36.7 Å². The number of esters is 1. The van der Waals surface area contributed by atoms with Gasteiger partial charge in [-0.15, -0.1) is 0 Å². The molecule has 0 bridgehead atoms. The van der Waals surface area contributed by atoms with Crippen LogP contribution >= 0.6 is 0 Å². The summed E-state index contributed by atoms with van der Waals surface area (Å²) in [6.45, 7) is 4.47. The predicted molar refractivity (Wildman–Crippen MR) is 184 cm³/mol. The molecule has 2 amide bonds. The Hall–Kier alpha value is -3.77. The van der Waals surface area contributed by atoms with Gasteiger partial charge in [-0.2, -0.15) is 0 Å². The Morgan fingerprint density at radius 2 is 1.80 bits per heavy atom. The van der Waals surface area contributed by atoms with Crippen molar-refractivity contribution in [3.8, 4) is 0 Å². The van der Waals surface area contributed by atoms with Crippen LogP contribution in [0, 0.1) is 11.8 Å². The maximum Gasteiger partial charge on any atom is 0.411 e. The van der Waals surface area contributed by atoms with Crippen LogP contribution in [-0.4, -0.2) is 94.3 Å². The normalized spacial score (nSPS) is 19.9. The average Bonchev–Trinajstić information content (AvgIpc) is 3.82. The van der Waals surface area contributed by atoms with Crippen LogP contribution in [0.5, 0.6) is 0 Å². The number of ether oxygens (including phenoxy) is 2. The van der Waals surface area contributed by atoms with Gasteiger partial charge in [-0.25, -0.2) is 14.6 Å². The maximum absolute atomic E-state index is 14.9. The topological polar surface area (TPSA) is 163 Å². The van der Waals surface area contributed by atoms with Gasteiger partial charge in [-0.05, 0) is 56.6 Å². The fraction of sp³-hybridized carbons (Fsp3) is 0.649. The van der Waals surface area contributed by atoms with Gasteiger partial charge in [0.1, 0.15) is 6.04 Å². The molecule has 1 saturated heterocycles. The lowest BCUT2D eigenvalue weighted by Gasteiger charge is -2.37. The number of H-pyrrole nitrogens is 1. The summed E-state index contributed by atoms with van der Waals surface area (Å²) >= 11 is 0. The van der Waals surface area contributed by atoms with E-state index in [1.54, 1.807) is 6.20 Å². The first-order valence-electron chi connectivity index (χ1n) is 17.9. The molecule has 12 nitrogen and oxygen atoms in total. The molecule has 12 heteroatoms. The van der Waals surface area contributed by atoms with Crippen molar-refractivity contribution in [1.82, 2.24) is 25.5 Å². The number of carbonyl (C=O) groups is 4. The molecule has 1 aromatic heterocycles. The highest BCUT2D eigenvalue weighted by molar-refractivity contribution is 6.13. The number of aliphatic hydroxyl groups is 1. The smallest absolute Gasteiger partial charge is 0.411 e. The highest BCUT2D eigenvalue weighted by Gasteiger charge is 2.50. The molecule has 1 saturated carbocycles. The summed E-state index contributed by atoms with van der Waals surface area (Å²) in [5.41, 5.74) is -0.648. The van der Waals surface area contributed by atoms with Crippen LogP contribution in [0.4, 0.5) is 4.79 Å². The number of Topliss-reactive ketones (excluding diaryl/α,β-unsaturated/α-hetero) is 1. The summed E-state index contributed by atoms with van der Waals surface area (Å²) in [6, 6.07) is 7.74. The minimum absolute atomic E-state index is 0.00431. The highest BCUT2D eigenvalue weighted by Crippen LogP contribution is 2.30. The second kappa shape index (κ2) is 18.3. The van der Waals surface area contributed by atoms with Crippen LogP contribution in [0.25, 0.3) is 0 Å². The second-order valence-corrected chi connectivity index (χ2v) is 14.1. The minimum Gasteiger partial charge on any atom is -0.467 e. The fourth-order valence-electron chi connectivity index (χ4n) is 7.21. The van der Waals surface area contributed by atoms with E-state index in [1.807, 2.05) is 30.3 Å². The first kappa shape index (κ1) is 38.0. The number of hydrogen-bond acceptors (Lipinski definition) is 9. The number of nitrogens with zero attached hydrogens (tertiary/aromatic N) is 2. The van der Waals surface area contributed by atoms with Gasteiger partial charge >= 0.3 is 12.1 Å². The van der Waals surface area contributed by atoms with Gasteiger partial charge in [0, 0.05) is 31.3 Å². The maximum atomic E-state index is 14.9. The van der Waals surface area contributed by atoms with Crippen LogP contribution in [0.1, 0.15) is 89.3 Å². The Kier molecular flexibility index (Phi) is 14.2. The van der Waals surface area contributed by atoms with E-state index in [-0.39, 0.29) is 19.4 Å². The average molecular weight is 682 g/mol. The summed E-state index contributed by atoms with van der Waals surface area (Å²) in [5.74, 6) is -1.08. The number of rotatable bonds is 17. The number of methoxy groups -OCH3 is 1. The van der Waals surface area contributed by atoms with Crippen molar-refractivity contribution in [2.24, 2.45) is 11.8 Å². The zero-order chi connectivity index (χ0) is 35.4. The van der Waals surface area contributed by atoms with Crippen molar-refractivity contribution in [1.29, 1.82) is 0 Å². The molecule has 4 rings (SSSR count). The molecule has 2 aromatic rings. The van der Waals surface area contributed by atoms with Gasteiger partial charge in [0.05, 0.1) is 25.6 Å². The number of imidazole rings is 1. The molecule has 49 heavy (non-hydrogen) atoms. The Bertz CT molecular complexity index is 1350. The van der Waals surface area contributed by atoms with Crippen molar-refractivity contribution < 1.29 is 33.8 Å². The lowest BCUT2D eigenvalue weighted by Crippen LogP contribution is -2.67. The molecule has 0 unspecified atom stereocenters. The third-order valence-corrected chi connectivity index (χ3v) is 10.1. The van der Waals surface area contributed by atoms with E-state index in [1.165, 1.54) is 31.8 Å². The molecule has 2 heterocycles. The number of aliphatic hydroxyl groups excluding tert-OH is 1. The Labute approximate surface area is 290 Å². The zero-order valence-corrected chi connectivity index (χ0v) is 29.5. The number of amides is 2. The van der Waals surface area contributed by atoms with Crippen LogP contribution < -0.4 is 10.6 Å². The number of carbonyl (C=O) groups excluding carboxylic acids is 4. The molecule has 1 aliphatic heterocycles. The van der Waals surface area contributed by atoms with E-state index in [9.17, 15) is 24.3 Å². The third kappa shape index (κ3) is 10.1. The van der Waals surface area contributed by atoms with Crippen LogP contribution in [0.2, 0.25) is 0 Å². The number of nitrogens with one attached hydrogen (secondary N) is 3.